The van der Waals surface area contributed by atoms with Gasteiger partial charge in [0.2, 0.25) is 5.91 Å². The smallest absolute Gasteiger partial charge is 0.407 e. The van der Waals surface area contributed by atoms with Crippen molar-refractivity contribution in [1.82, 2.24) is 15.5 Å². The largest absolute Gasteiger partial charge is 0.480 e. The van der Waals surface area contributed by atoms with Crippen molar-refractivity contribution in [1.29, 1.82) is 0 Å². The van der Waals surface area contributed by atoms with Crippen molar-refractivity contribution in [3.8, 4) is 11.1 Å². The number of ether oxygens (including phenoxy) is 1. The van der Waals surface area contributed by atoms with Crippen molar-refractivity contribution in [2.45, 2.75) is 56.1 Å². The molecule has 3 N–H and O–H groups in total. The first-order valence-corrected chi connectivity index (χ1v) is 14.8. The van der Waals surface area contributed by atoms with Crippen molar-refractivity contribution < 1.29 is 24.2 Å². The van der Waals surface area contributed by atoms with Gasteiger partial charge in [-0.05, 0) is 59.4 Å². The Morgan fingerprint density at radius 1 is 0.881 bits per heavy atom. The standard InChI is InChI=1S/C34H37N3O5/c38-30(35-31(32(39)40)24-14-15-24)20-34(16-18-37(19-17-34)21-23-8-2-1-3-9-23)36-33(41)42-22-29-27-12-6-4-10-25(27)26-11-5-7-13-28(26)29/h1-13,24,29,31H,14-22H2,(H,35,38)(H,36,41)(H,39,40). The molecule has 1 unspecified atom stereocenters. The molecule has 1 heterocycles. The minimum atomic E-state index is -1.01. The Balaban J connectivity index is 1.13. The van der Waals surface area contributed by atoms with Gasteiger partial charge in [0.25, 0.3) is 0 Å². The summed E-state index contributed by atoms with van der Waals surface area (Å²) in [5.74, 6) is -1.46. The predicted octanol–water partition coefficient (Wildman–Crippen LogP) is 4.93. The second-order valence-corrected chi connectivity index (χ2v) is 11.9. The van der Waals surface area contributed by atoms with E-state index in [9.17, 15) is 19.5 Å². The van der Waals surface area contributed by atoms with Crippen molar-refractivity contribution >= 4 is 18.0 Å². The van der Waals surface area contributed by atoms with E-state index < -0.39 is 23.6 Å². The van der Waals surface area contributed by atoms with E-state index in [1.165, 1.54) is 5.56 Å². The fraction of sp³-hybridized carbons (Fsp3) is 0.382. The molecule has 0 aromatic heterocycles. The summed E-state index contributed by atoms with van der Waals surface area (Å²) < 4.78 is 5.85. The molecule has 2 fully saturated rings. The number of carbonyl (C=O) groups excluding carboxylic acids is 2. The average molecular weight is 568 g/mol. The topological polar surface area (TPSA) is 108 Å². The highest BCUT2D eigenvalue weighted by Crippen LogP contribution is 2.44. The zero-order valence-electron chi connectivity index (χ0n) is 23.6. The number of hydrogen-bond donors (Lipinski definition) is 3. The monoisotopic (exact) mass is 567 g/mol. The Labute approximate surface area is 246 Å². The summed E-state index contributed by atoms with van der Waals surface area (Å²) in [5, 5.41) is 15.4. The maximum Gasteiger partial charge on any atom is 0.407 e. The van der Waals surface area contributed by atoms with Gasteiger partial charge in [-0.3, -0.25) is 9.69 Å². The van der Waals surface area contributed by atoms with Crippen LogP contribution in [-0.4, -0.2) is 59.3 Å². The van der Waals surface area contributed by atoms with E-state index in [2.05, 4.69) is 51.9 Å². The van der Waals surface area contributed by atoms with Crippen LogP contribution in [-0.2, 0) is 20.9 Å². The third kappa shape index (κ3) is 6.19. The number of benzene rings is 3. The second kappa shape index (κ2) is 12.0. The molecule has 1 atom stereocenters. The van der Waals surface area contributed by atoms with E-state index in [0.717, 1.165) is 41.6 Å². The summed E-state index contributed by atoms with van der Waals surface area (Å²) in [6.07, 6.45) is 2.16. The minimum absolute atomic E-state index is 0.00682. The van der Waals surface area contributed by atoms with Crippen LogP contribution in [0.5, 0.6) is 0 Å². The molecule has 8 heteroatoms. The van der Waals surface area contributed by atoms with E-state index in [-0.39, 0.29) is 30.8 Å². The summed E-state index contributed by atoms with van der Waals surface area (Å²) in [4.78, 5) is 40.6. The maximum atomic E-state index is 13.3. The number of aliphatic carboxylic acids is 1. The summed E-state index contributed by atoms with van der Waals surface area (Å²) in [7, 11) is 0. The average Bonchev–Trinajstić information content (AvgIpc) is 3.79. The molecule has 0 radical (unpaired) electrons. The van der Waals surface area contributed by atoms with Crippen LogP contribution < -0.4 is 10.6 Å². The van der Waals surface area contributed by atoms with E-state index in [1.54, 1.807) is 0 Å². The number of piperidine rings is 1. The summed E-state index contributed by atoms with van der Waals surface area (Å²) in [6, 6.07) is 25.7. The van der Waals surface area contributed by atoms with Crippen molar-refractivity contribution in [3.63, 3.8) is 0 Å². The lowest BCUT2D eigenvalue weighted by atomic mass is 9.83. The van der Waals surface area contributed by atoms with E-state index in [1.807, 2.05) is 42.5 Å². The summed E-state index contributed by atoms with van der Waals surface area (Å²) in [5.41, 5.74) is 4.96. The quantitative estimate of drug-likeness (QED) is 0.321. The van der Waals surface area contributed by atoms with Gasteiger partial charge >= 0.3 is 12.1 Å². The van der Waals surface area contributed by atoms with Crippen molar-refractivity contribution in [2.24, 2.45) is 5.92 Å². The zero-order valence-corrected chi connectivity index (χ0v) is 23.6. The van der Waals surface area contributed by atoms with Gasteiger partial charge in [-0.15, -0.1) is 0 Å². The van der Waals surface area contributed by atoms with Crippen LogP contribution in [0.3, 0.4) is 0 Å². The molecule has 8 nitrogen and oxygen atoms in total. The lowest BCUT2D eigenvalue weighted by molar-refractivity contribution is -0.142. The number of carboxylic acids is 1. The van der Waals surface area contributed by atoms with Crippen molar-refractivity contribution in [3.05, 3.63) is 95.6 Å². The van der Waals surface area contributed by atoms with Crippen LogP contribution in [0.25, 0.3) is 11.1 Å². The van der Waals surface area contributed by atoms with Gasteiger partial charge in [0.05, 0.1) is 5.54 Å². The SMILES string of the molecule is O=C(CC1(NC(=O)OCC2c3ccccc3-c3ccccc32)CCN(Cc2ccccc2)CC1)NC(C(=O)O)C1CC1. The molecule has 2 aliphatic carbocycles. The molecular weight excluding hydrogens is 530 g/mol. The van der Waals surface area contributed by atoms with Gasteiger partial charge < -0.3 is 20.5 Å². The van der Waals surface area contributed by atoms with Gasteiger partial charge in [-0.1, -0.05) is 78.9 Å². The number of likely N-dealkylation sites (tertiary alicyclic amines) is 1. The van der Waals surface area contributed by atoms with Gasteiger partial charge in [0, 0.05) is 32.0 Å². The number of nitrogens with one attached hydrogen (secondary N) is 2. The first-order valence-electron chi connectivity index (χ1n) is 14.8. The number of amides is 2. The molecule has 0 bridgehead atoms. The molecule has 3 aromatic carbocycles. The number of hydrogen-bond acceptors (Lipinski definition) is 5. The Morgan fingerprint density at radius 3 is 2.07 bits per heavy atom. The number of carboxylic acid groups (broad SMARTS) is 1. The van der Waals surface area contributed by atoms with Gasteiger partial charge in [-0.2, -0.15) is 0 Å². The number of carbonyl (C=O) groups is 3. The third-order valence-corrected chi connectivity index (χ3v) is 8.95. The molecule has 1 aliphatic heterocycles. The van der Waals surface area contributed by atoms with E-state index in [4.69, 9.17) is 4.74 Å². The predicted molar refractivity (Wildman–Crippen MR) is 159 cm³/mol. The van der Waals surface area contributed by atoms with E-state index >= 15 is 0 Å². The minimum Gasteiger partial charge on any atom is -0.480 e. The number of alkyl carbamates (subject to hydrolysis) is 1. The Hall–Kier alpha value is -4.17. The van der Waals surface area contributed by atoms with Crippen LogP contribution in [0.4, 0.5) is 4.79 Å². The molecule has 218 valence electrons. The first-order chi connectivity index (χ1) is 20.4. The molecule has 6 rings (SSSR count). The van der Waals surface area contributed by atoms with Gasteiger partial charge in [-0.25, -0.2) is 9.59 Å². The summed E-state index contributed by atoms with van der Waals surface area (Å²) >= 11 is 0. The molecule has 2 amide bonds. The number of nitrogens with zero attached hydrogens (tertiary/aromatic N) is 1. The lowest BCUT2D eigenvalue weighted by Gasteiger charge is -2.42. The molecular formula is C34H37N3O5. The zero-order chi connectivity index (χ0) is 29.1. The molecule has 1 saturated heterocycles. The Kier molecular flexibility index (Phi) is 7.98. The Bertz CT molecular complexity index is 1400. The van der Waals surface area contributed by atoms with Crippen LogP contribution in [0.2, 0.25) is 0 Å². The summed E-state index contributed by atoms with van der Waals surface area (Å²) in [6.45, 7) is 2.36. The van der Waals surface area contributed by atoms with Gasteiger partial charge in [0.1, 0.15) is 12.6 Å². The maximum absolute atomic E-state index is 13.3. The first kappa shape index (κ1) is 28.0. The molecule has 3 aromatic rings. The molecule has 42 heavy (non-hydrogen) atoms. The molecule has 0 spiro atoms. The van der Waals surface area contributed by atoms with Crippen LogP contribution >= 0.6 is 0 Å². The third-order valence-electron chi connectivity index (χ3n) is 8.95. The van der Waals surface area contributed by atoms with Crippen LogP contribution in [0, 0.1) is 5.92 Å². The highest BCUT2D eigenvalue weighted by Gasteiger charge is 2.42. The molecule has 3 aliphatic rings. The number of fused-ring (bicyclic) bond motifs is 3. The number of rotatable bonds is 10. The van der Waals surface area contributed by atoms with Crippen LogP contribution in [0.1, 0.15) is 54.7 Å². The van der Waals surface area contributed by atoms with Crippen LogP contribution in [0.15, 0.2) is 78.9 Å². The highest BCUT2D eigenvalue weighted by atomic mass is 16.5. The van der Waals surface area contributed by atoms with Crippen molar-refractivity contribution in [2.75, 3.05) is 19.7 Å². The highest BCUT2D eigenvalue weighted by molar-refractivity contribution is 5.85. The van der Waals surface area contributed by atoms with E-state index in [0.29, 0.717) is 25.9 Å². The second-order valence-electron chi connectivity index (χ2n) is 11.9. The fourth-order valence-corrected chi connectivity index (χ4v) is 6.52. The van der Waals surface area contributed by atoms with Gasteiger partial charge in [0.15, 0.2) is 0 Å². The Morgan fingerprint density at radius 2 is 1.48 bits per heavy atom. The fourth-order valence-electron chi connectivity index (χ4n) is 6.52. The molecule has 1 saturated carbocycles. The normalized spacial score (nSPS) is 18.4. The lowest BCUT2D eigenvalue weighted by Crippen LogP contribution is -2.58.